The van der Waals surface area contributed by atoms with Gasteiger partial charge in [0.1, 0.15) is 11.5 Å². The fraction of sp³-hybridized carbons (Fsp3) is 0.615. The molecule has 1 saturated carbocycles. The van der Waals surface area contributed by atoms with Crippen LogP contribution >= 0.6 is 0 Å². The fourth-order valence-electron chi connectivity index (χ4n) is 1.52. The SMILES string of the molecule is CC(C)CCNC(=O)c1cnc(NC2CC2)cn1. The Labute approximate surface area is 107 Å². The van der Waals surface area contributed by atoms with Crippen LogP contribution in [0.25, 0.3) is 0 Å². The van der Waals surface area contributed by atoms with Gasteiger partial charge in [-0.15, -0.1) is 0 Å². The van der Waals surface area contributed by atoms with E-state index in [0.29, 0.717) is 24.2 Å². The van der Waals surface area contributed by atoms with Gasteiger partial charge < -0.3 is 10.6 Å². The zero-order chi connectivity index (χ0) is 13.0. The van der Waals surface area contributed by atoms with Crippen molar-refractivity contribution in [3.63, 3.8) is 0 Å². The van der Waals surface area contributed by atoms with E-state index in [2.05, 4.69) is 34.4 Å². The number of anilines is 1. The van der Waals surface area contributed by atoms with Gasteiger partial charge in [0.2, 0.25) is 0 Å². The zero-order valence-corrected chi connectivity index (χ0v) is 10.9. The maximum absolute atomic E-state index is 11.7. The minimum atomic E-state index is -0.152. The van der Waals surface area contributed by atoms with Crippen molar-refractivity contribution in [2.75, 3.05) is 11.9 Å². The summed E-state index contributed by atoms with van der Waals surface area (Å²) in [6.07, 6.45) is 6.50. The van der Waals surface area contributed by atoms with Crippen molar-refractivity contribution in [2.45, 2.75) is 39.2 Å². The van der Waals surface area contributed by atoms with E-state index in [0.717, 1.165) is 12.2 Å². The molecule has 5 heteroatoms. The lowest BCUT2D eigenvalue weighted by Crippen LogP contribution is -2.26. The van der Waals surface area contributed by atoms with Crippen molar-refractivity contribution >= 4 is 11.7 Å². The van der Waals surface area contributed by atoms with Crippen LogP contribution in [0, 0.1) is 5.92 Å². The van der Waals surface area contributed by atoms with Crippen LogP contribution in [0.2, 0.25) is 0 Å². The van der Waals surface area contributed by atoms with Crippen LogP contribution in [0.1, 0.15) is 43.6 Å². The molecule has 1 amide bonds. The first-order valence-corrected chi connectivity index (χ1v) is 6.52. The molecular weight excluding hydrogens is 228 g/mol. The van der Waals surface area contributed by atoms with Crippen LogP contribution in [0.3, 0.4) is 0 Å². The number of carbonyl (C=O) groups excluding carboxylic acids is 1. The lowest BCUT2D eigenvalue weighted by Gasteiger charge is -2.07. The fourth-order valence-corrected chi connectivity index (χ4v) is 1.52. The monoisotopic (exact) mass is 248 g/mol. The number of rotatable bonds is 6. The number of nitrogens with zero attached hydrogens (tertiary/aromatic N) is 2. The Morgan fingerprint density at radius 3 is 2.72 bits per heavy atom. The van der Waals surface area contributed by atoms with E-state index in [4.69, 9.17) is 0 Å². The van der Waals surface area contributed by atoms with Crippen LogP contribution in [-0.4, -0.2) is 28.5 Å². The van der Waals surface area contributed by atoms with Crippen molar-refractivity contribution in [2.24, 2.45) is 5.92 Å². The van der Waals surface area contributed by atoms with Gasteiger partial charge in [-0.3, -0.25) is 4.79 Å². The van der Waals surface area contributed by atoms with Crippen LogP contribution in [0.4, 0.5) is 5.82 Å². The normalized spacial score (nSPS) is 14.6. The van der Waals surface area contributed by atoms with Crippen molar-refractivity contribution in [1.82, 2.24) is 15.3 Å². The summed E-state index contributed by atoms with van der Waals surface area (Å²) in [5.41, 5.74) is 0.375. The lowest BCUT2D eigenvalue weighted by atomic mass is 10.1. The predicted molar refractivity (Wildman–Crippen MR) is 70.5 cm³/mol. The third-order valence-electron chi connectivity index (χ3n) is 2.82. The van der Waals surface area contributed by atoms with Crippen molar-refractivity contribution < 1.29 is 4.79 Å². The molecule has 2 N–H and O–H groups in total. The van der Waals surface area contributed by atoms with Gasteiger partial charge >= 0.3 is 0 Å². The van der Waals surface area contributed by atoms with E-state index in [1.165, 1.54) is 19.0 Å². The molecule has 1 aromatic heterocycles. The first-order valence-electron chi connectivity index (χ1n) is 6.52. The zero-order valence-electron chi connectivity index (χ0n) is 10.9. The Balaban J connectivity index is 1.81. The Morgan fingerprint density at radius 2 is 2.17 bits per heavy atom. The van der Waals surface area contributed by atoms with Crippen LogP contribution < -0.4 is 10.6 Å². The maximum atomic E-state index is 11.7. The summed E-state index contributed by atoms with van der Waals surface area (Å²) >= 11 is 0. The second kappa shape index (κ2) is 5.80. The summed E-state index contributed by atoms with van der Waals surface area (Å²) in [7, 11) is 0. The van der Waals surface area contributed by atoms with E-state index in [-0.39, 0.29) is 5.91 Å². The summed E-state index contributed by atoms with van der Waals surface area (Å²) in [5, 5.41) is 6.08. The molecule has 0 saturated heterocycles. The number of amides is 1. The smallest absolute Gasteiger partial charge is 0.271 e. The molecule has 2 rings (SSSR count). The molecule has 1 aliphatic carbocycles. The molecule has 18 heavy (non-hydrogen) atoms. The highest BCUT2D eigenvalue weighted by Gasteiger charge is 2.21. The van der Waals surface area contributed by atoms with Gasteiger partial charge in [0.05, 0.1) is 12.4 Å². The summed E-state index contributed by atoms with van der Waals surface area (Å²) in [6.45, 7) is 4.94. The molecule has 0 atom stereocenters. The summed E-state index contributed by atoms with van der Waals surface area (Å²) < 4.78 is 0. The number of carbonyl (C=O) groups is 1. The Hall–Kier alpha value is -1.65. The van der Waals surface area contributed by atoms with E-state index < -0.39 is 0 Å². The molecule has 0 unspecified atom stereocenters. The summed E-state index contributed by atoms with van der Waals surface area (Å²) in [6, 6.07) is 0.546. The van der Waals surface area contributed by atoms with E-state index in [1.807, 2.05) is 0 Å². The lowest BCUT2D eigenvalue weighted by molar-refractivity contribution is 0.0946. The molecule has 0 aliphatic heterocycles. The molecule has 5 nitrogen and oxygen atoms in total. The average Bonchev–Trinajstić information content (AvgIpc) is 3.13. The van der Waals surface area contributed by atoms with Gasteiger partial charge in [-0.1, -0.05) is 13.8 Å². The minimum Gasteiger partial charge on any atom is -0.366 e. The van der Waals surface area contributed by atoms with Gasteiger partial charge in [0, 0.05) is 12.6 Å². The first-order chi connectivity index (χ1) is 8.65. The largest absolute Gasteiger partial charge is 0.366 e. The van der Waals surface area contributed by atoms with E-state index in [1.54, 1.807) is 6.20 Å². The number of hydrogen-bond acceptors (Lipinski definition) is 4. The first kappa shape index (κ1) is 12.8. The van der Waals surface area contributed by atoms with Gasteiger partial charge in [0.15, 0.2) is 0 Å². The molecule has 1 aliphatic rings. The summed E-state index contributed by atoms with van der Waals surface area (Å²) in [5.74, 6) is 1.18. The number of nitrogens with one attached hydrogen (secondary N) is 2. The molecular formula is C13H20N4O. The van der Waals surface area contributed by atoms with Crippen molar-refractivity contribution in [3.05, 3.63) is 18.1 Å². The van der Waals surface area contributed by atoms with E-state index in [9.17, 15) is 4.79 Å². The standard InChI is InChI=1S/C13H20N4O/c1-9(2)5-6-14-13(18)11-7-16-12(8-15-11)17-10-3-4-10/h7-10H,3-6H2,1-2H3,(H,14,18)(H,16,17). The highest BCUT2D eigenvalue weighted by Crippen LogP contribution is 2.22. The van der Waals surface area contributed by atoms with Gasteiger partial charge in [0.25, 0.3) is 5.91 Å². The Morgan fingerprint density at radius 1 is 1.39 bits per heavy atom. The highest BCUT2D eigenvalue weighted by atomic mass is 16.1. The molecule has 0 radical (unpaired) electrons. The van der Waals surface area contributed by atoms with Gasteiger partial charge in [-0.2, -0.15) is 0 Å². The van der Waals surface area contributed by atoms with Crippen LogP contribution in [-0.2, 0) is 0 Å². The van der Waals surface area contributed by atoms with Crippen molar-refractivity contribution in [3.8, 4) is 0 Å². The molecule has 0 aromatic carbocycles. The molecule has 98 valence electrons. The molecule has 0 spiro atoms. The maximum Gasteiger partial charge on any atom is 0.271 e. The third-order valence-corrected chi connectivity index (χ3v) is 2.82. The molecule has 1 aromatic rings. The second-order valence-electron chi connectivity index (χ2n) is 5.14. The Kier molecular flexibility index (Phi) is 4.12. The number of aromatic nitrogens is 2. The van der Waals surface area contributed by atoms with Crippen molar-refractivity contribution in [1.29, 1.82) is 0 Å². The molecule has 1 heterocycles. The predicted octanol–water partition coefficient (Wildman–Crippen LogP) is 1.83. The molecule has 1 fully saturated rings. The molecule has 0 bridgehead atoms. The van der Waals surface area contributed by atoms with Gasteiger partial charge in [-0.05, 0) is 25.2 Å². The second-order valence-corrected chi connectivity index (χ2v) is 5.14. The van der Waals surface area contributed by atoms with Crippen LogP contribution in [0.15, 0.2) is 12.4 Å². The van der Waals surface area contributed by atoms with E-state index >= 15 is 0 Å². The Bertz CT molecular complexity index is 398. The number of hydrogen-bond donors (Lipinski definition) is 2. The topological polar surface area (TPSA) is 66.9 Å². The van der Waals surface area contributed by atoms with Gasteiger partial charge in [-0.25, -0.2) is 9.97 Å². The highest BCUT2D eigenvalue weighted by molar-refractivity contribution is 5.91. The van der Waals surface area contributed by atoms with Crippen LogP contribution in [0.5, 0.6) is 0 Å². The minimum absolute atomic E-state index is 0.152. The summed E-state index contributed by atoms with van der Waals surface area (Å²) in [4.78, 5) is 20.0. The quantitative estimate of drug-likeness (QED) is 0.806. The average molecular weight is 248 g/mol. The third kappa shape index (κ3) is 3.98.